The number of thioether (sulfide) groups is 1. The SMILES string of the molecule is Cc1nc2n(c1CCC(=O)O)CCS2. The number of fused-ring (bicyclic) bond motifs is 1. The van der Waals surface area contributed by atoms with Crippen molar-refractivity contribution in [3.05, 3.63) is 11.4 Å². The minimum Gasteiger partial charge on any atom is -0.481 e. The van der Waals surface area contributed by atoms with E-state index in [0.717, 1.165) is 28.8 Å². The van der Waals surface area contributed by atoms with Crippen molar-refractivity contribution in [1.29, 1.82) is 0 Å². The lowest BCUT2D eigenvalue weighted by atomic mass is 10.2. The molecule has 0 atom stereocenters. The van der Waals surface area contributed by atoms with Crippen molar-refractivity contribution in [2.45, 2.75) is 31.5 Å². The van der Waals surface area contributed by atoms with Crippen LogP contribution in [0.5, 0.6) is 0 Å². The van der Waals surface area contributed by atoms with Gasteiger partial charge in [0.25, 0.3) is 0 Å². The summed E-state index contributed by atoms with van der Waals surface area (Å²) in [7, 11) is 0. The van der Waals surface area contributed by atoms with Gasteiger partial charge in [0.15, 0.2) is 5.16 Å². The van der Waals surface area contributed by atoms with Gasteiger partial charge >= 0.3 is 5.97 Å². The van der Waals surface area contributed by atoms with Crippen LogP contribution in [0, 0.1) is 6.92 Å². The number of aromatic nitrogens is 2. The van der Waals surface area contributed by atoms with E-state index in [9.17, 15) is 4.79 Å². The van der Waals surface area contributed by atoms with E-state index in [-0.39, 0.29) is 6.42 Å². The van der Waals surface area contributed by atoms with Crippen LogP contribution in [-0.4, -0.2) is 26.4 Å². The maximum absolute atomic E-state index is 10.5. The number of nitrogens with zero attached hydrogens (tertiary/aromatic N) is 2. The van der Waals surface area contributed by atoms with Gasteiger partial charge in [0.1, 0.15) is 0 Å². The molecule has 4 nitrogen and oxygen atoms in total. The number of carboxylic acids is 1. The Bertz CT molecular complexity index is 373. The van der Waals surface area contributed by atoms with Crippen molar-refractivity contribution in [2.24, 2.45) is 0 Å². The molecule has 0 amide bonds. The largest absolute Gasteiger partial charge is 0.481 e. The highest BCUT2D eigenvalue weighted by Crippen LogP contribution is 2.28. The van der Waals surface area contributed by atoms with E-state index in [4.69, 9.17) is 5.11 Å². The fourth-order valence-electron chi connectivity index (χ4n) is 1.69. The first-order valence-corrected chi connectivity index (χ1v) is 5.57. The third kappa shape index (κ3) is 1.64. The van der Waals surface area contributed by atoms with Crippen molar-refractivity contribution in [3.8, 4) is 0 Å². The molecule has 1 N–H and O–H groups in total. The lowest BCUT2D eigenvalue weighted by Gasteiger charge is -2.03. The number of hydrogen-bond acceptors (Lipinski definition) is 3. The van der Waals surface area contributed by atoms with Crippen molar-refractivity contribution in [2.75, 3.05) is 5.75 Å². The van der Waals surface area contributed by atoms with Gasteiger partial charge in [-0.1, -0.05) is 11.8 Å². The summed E-state index contributed by atoms with van der Waals surface area (Å²) in [4.78, 5) is 14.9. The molecule has 1 aliphatic heterocycles. The molecule has 0 aromatic carbocycles. The van der Waals surface area contributed by atoms with Crippen LogP contribution in [-0.2, 0) is 17.8 Å². The van der Waals surface area contributed by atoms with E-state index in [1.807, 2.05) is 6.92 Å². The lowest BCUT2D eigenvalue weighted by molar-refractivity contribution is -0.136. The predicted octanol–water partition coefficient (Wildman–Crippen LogP) is 1.31. The molecule has 0 saturated heterocycles. The summed E-state index contributed by atoms with van der Waals surface area (Å²) in [5.41, 5.74) is 2.07. The standard InChI is InChI=1S/C9H12N2O2S/c1-6-7(2-3-8(12)13)11-4-5-14-9(11)10-6/h2-5H2,1H3,(H,12,13). The van der Waals surface area contributed by atoms with Crippen LogP contribution >= 0.6 is 11.8 Å². The second-order valence-corrected chi connectivity index (χ2v) is 4.38. The molecule has 5 heteroatoms. The Labute approximate surface area is 86.3 Å². The van der Waals surface area contributed by atoms with E-state index >= 15 is 0 Å². The highest BCUT2D eigenvalue weighted by molar-refractivity contribution is 7.99. The number of rotatable bonds is 3. The molecular formula is C9H12N2O2S. The highest BCUT2D eigenvalue weighted by atomic mass is 32.2. The number of imidazole rings is 1. The number of aryl methyl sites for hydroxylation is 1. The summed E-state index contributed by atoms with van der Waals surface area (Å²) < 4.78 is 2.14. The van der Waals surface area contributed by atoms with Gasteiger partial charge in [-0.3, -0.25) is 4.79 Å². The second kappa shape index (κ2) is 3.65. The van der Waals surface area contributed by atoms with Crippen LogP contribution in [0.4, 0.5) is 0 Å². The average molecular weight is 212 g/mol. The molecule has 0 radical (unpaired) electrons. The van der Waals surface area contributed by atoms with Crippen molar-refractivity contribution in [1.82, 2.24) is 9.55 Å². The van der Waals surface area contributed by atoms with Crippen molar-refractivity contribution in [3.63, 3.8) is 0 Å². The normalized spacial score (nSPS) is 14.4. The van der Waals surface area contributed by atoms with E-state index in [0.29, 0.717) is 6.42 Å². The van der Waals surface area contributed by atoms with E-state index in [1.54, 1.807) is 11.8 Å². The number of carboxylic acid groups (broad SMARTS) is 1. The van der Waals surface area contributed by atoms with Gasteiger partial charge < -0.3 is 9.67 Å². The van der Waals surface area contributed by atoms with E-state index < -0.39 is 5.97 Å². The van der Waals surface area contributed by atoms with E-state index in [1.165, 1.54) is 0 Å². The molecule has 1 aromatic rings. The van der Waals surface area contributed by atoms with Gasteiger partial charge in [-0.2, -0.15) is 0 Å². The zero-order valence-electron chi connectivity index (χ0n) is 7.99. The maximum Gasteiger partial charge on any atom is 0.303 e. The first-order valence-electron chi connectivity index (χ1n) is 4.59. The summed E-state index contributed by atoms with van der Waals surface area (Å²) in [5, 5.41) is 9.66. The number of hydrogen-bond donors (Lipinski definition) is 1. The monoisotopic (exact) mass is 212 g/mol. The predicted molar refractivity (Wildman–Crippen MR) is 53.6 cm³/mol. The average Bonchev–Trinajstić information content (AvgIpc) is 2.61. The lowest BCUT2D eigenvalue weighted by Crippen LogP contribution is -2.05. The maximum atomic E-state index is 10.5. The first-order chi connectivity index (χ1) is 6.68. The molecule has 0 bridgehead atoms. The quantitative estimate of drug-likeness (QED) is 0.821. The molecule has 0 aliphatic carbocycles. The molecule has 0 unspecified atom stereocenters. The summed E-state index contributed by atoms with van der Waals surface area (Å²) in [6.45, 7) is 2.92. The molecule has 0 saturated carbocycles. The van der Waals surface area contributed by atoms with Crippen LogP contribution in [0.3, 0.4) is 0 Å². The molecule has 0 spiro atoms. The molecule has 14 heavy (non-hydrogen) atoms. The van der Waals surface area contributed by atoms with E-state index in [2.05, 4.69) is 9.55 Å². The van der Waals surface area contributed by atoms with Crippen molar-refractivity contribution < 1.29 is 9.90 Å². The van der Waals surface area contributed by atoms with Gasteiger partial charge in [-0.05, 0) is 13.3 Å². The van der Waals surface area contributed by atoms with Crippen LogP contribution in [0.15, 0.2) is 5.16 Å². The Kier molecular flexibility index (Phi) is 2.50. The summed E-state index contributed by atoms with van der Waals surface area (Å²) in [6.07, 6.45) is 0.783. The minimum atomic E-state index is -0.745. The third-order valence-corrected chi connectivity index (χ3v) is 3.32. The highest BCUT2D eigenvalue weighted by Gasteiger charge is 2.19. The summed E-state index contributed by atoms with van der Waals surface area (Å²) >= 11 is 1.74. The second-order valence-electron chi connectivity index (χ2n) is 3.32. The molecule has 1 aromatic heterocycles. The summed E-state index contributed by atoms with van der Waals surface area (Å²) in [5.74, 6) is 0.313. The third-order valence-electron chi connectivity index (χ3n) is 2.36. The minimum absolute atomic E-state index is 0.191. The molecule has 76 valence electrons. The van der Waals surface area contributed by atoms with Gasteiger partial charge in [-0.15, -0.1) is 0 Å². The Morgan fingerprint density at radius 3 is 3.21 bits per heavy atom. The fraction of sp³-hybridized carbons (Fsp3) is 0.556. The fourth-order valence-corrected chi connectivity index (χ4v) is 2.70. The number of aliphatic carboxylic acids is 1. The number of carbonyl (C=O) groups is 1. The summed E-state index contributed by atoms with van der Waals surface area (Å²) in [6, 6.07) is 0. The Morgan fingerprint density at radius 2 is 2.50 bits per heavy atom. The van der Waals surface area contributed by atoms with Crippen LogP contribution in [0.25, 0.3) is 0 Å². The first kappa shape index (κ1) is 9.58. The Balaban J connectivity index is 2.20. The van der Waals surface area contributed by atoms with Crippen LogP contribution in [0.1, 0.15) is 17.8 Å². The molecule has 1 aliphatic rings. The Morgan fingerprint density at radius 1 is 1.71 bits per heavy atom. The van der Waals surface area contributed by atoms with Crippen LogP contribution < -0.4 is 0 Å². The molecule has 2 rings (SSSR count). The zero-order valence-corrected chi connectivity index (χ0v) is 8.80. The molecule has 2 heterocycles. The van der Waals surface area contributed by atoms with Gasteiger partial charge in [0.05, 0.1) is 12.1 Å². The van der Waals surface area contributed by atoms with Crippen molar-refractivity contribution >= 4 is 17.7 Å². The molecule has 0 fully saturated rings. The van der Waals surface area contributed by atoms with Gasteiger partial charge in [-0.25, -0.2) is 4.98 Å². The zero-order chi connectivity index (χ0) is 10.1. The molecular weight excluding hydrogens is 200 g/mol. The smallest absolute Gasteiger partial charge is 0.303 e. The topological polar surface area (TPSA) is 55.1 Å². The van der Waals surface area contributed by atoms with Crippen LogP contribution in [0.2, 0.25) is 0 Å². The Hall–Kier alpha value is -0.970. The van der Waals surface area contributed by atoms with Gasteiger partial charge in [0, 0.05) is 18.0 Å². The van der Waals surface area contributed by atoms with Gasteiger partial charge in [0.2, 0.25) is 0 Å².